The van der Waals surface area contributed by atoms with Gasteiger partial charge in [-0.2, -0.15) is 0 Å². The smallest absolute Gasteiger partial charge is 0.0236 e. The van der Waals surface area contributed by atoms with Crippen LogP contribution >= 0.6 is 0 Å². The van der Waals surface area contributed by atoms with Gasteiger partial charge in [0.15, 0.2) is 0 Å². The molecule has 0 amide bonds. The van der Waals surface area contributed by atoms with Gasteiger partial charge in [-0.25, -0.2) is 0 Å². The third kappa shape index (κ3) is 6.97. The van der Waals surface area contributed by atoms with Gasteiger partial charge >= 0.3 is 0 Å². The summed E-state index contributed by atoms with van der Waals surface area (Å²) in [5.74, 6) is 5.76. The number of hydrogen-bond donors (Lipinski definition) is 0. The van der Waals surface area contributed by atoms with Crippen molar-refractivity contribution in [3.05, 3.63) is 48.0 Å². The molecule has 0 heterocycles. The summed E-state index contributed by atoms with van der Waals surface area (Å²) in [6.07, 6.45) is 25.3. The molecule has 0 atom stereocenters. The van der Waals surface area contributed by atoms with Gasteiger partial charge in [0.05, 0.1) is 0 Å². The van der Waals surface area contributed by atoms with Crippen molar-refractivity contribution in [1.29, 1.82) is 0 Å². The molecule has 0 aromatic heterocycles. The molecule has 0 radical (unpaired) electrons. The minimum atomic E-state index is 0.782. The van der Waals surface area contributed by atoms with E-state index in [1.54, 1.807) is 17.5 Å². The summed E-state index contributed by atoms with van der Waals surface area (Å²) in [6, 6.07) is 9.77. The minimum absolute atomic E-state index is 0.782. The maximum absolute atomic E-state index is 3.99. The van der Waals surface area contributed by atoms with Gasteiger partial charge in [-0.1, -0.05) is 82.2 Å². The Labute approximate surface area is 193 Å². The zero-order valence-corrected chi connectivity index (χ0v) is 20.4. The van der Waals surface area contributed by atoms with Crippen molar-refractivity contribution < 1.29 is 0 Å². The first kappa shape index (κ1) is 23.1. The molecule has 0 spiro atoms. The number of rotatable bonds is 8. The highest BCUT2D eigenvalue weighted by molar-refractivity contribution is 5.23. The van der Waals surface area contributed by atoms with Gasteiger partial charge in [-0.05, 0) is 104 Å². The van der Waals surface area contributed by atoms with Crippen molar-refractivity contribution in [2.45, 2.75) is 110 Å². The molecular weight excluding hydrogens is 372 g/mol. The summed E-state index contributed by atoms with van der Waals surface area (Å²) in [7, 11) is 0. The molecule has 0 heteroatoms. The van der Waals surface area contributed by atoms with Gasteiger partial charge < -0.3 is 0 Å². The van der Waals surface area contributed by atoms with Crippen LogP contribution in [0.5, 0.6) is 0 Å². The van der Waals surface area contributed by atoms with E-state index in [9.17, 15) is 0 Å². The maximum Gasteiger partial charge on any atom is -0.0236 e. The first-order valence-electron chi connectivity index (χ1n) is 13.9. The summed E-state index contributed by atoms with van der Waals surface area (Å²) >= 11 is 0. The molecular formula is C31H48. The first-order valence-corrected chi connectivity index (χ1v) is 13.9. The molecule has 0 aliphatic heterocycles. The van der Waals surface area contributed by atoms with E-state index in [0.717, 1.165) is 35.5 Å². The Morgan fingerprint density at radius 2 is 1.00 bits per heavy atom. The monoisotopic (exact) mass is 420 g/mol. The number of benzene rings is 1. The maximum atomic E-state index is 3.99. The fraction of sp³-hybridized carbons (Fsp3) is 0.742. The molecule has 3 aliphatic carbocycles. The Kier molecular flexibility index (Phi) is 8.74. The molecule has 0 N–H and O–H groups in total. The van der Waals surface area contributed by atoms with Gasteiger partial charge in [0.1, 0.15) is 0 Å². The van der Waals surface area contributed by atoms with E-state index < -0.39 is 0 Å². The molecule has 31 heavy (non-hydrogen) atoms. The molecule has 3 aliphatic rings. The predicted octanol–water partition coefficient (Wildman–Crippen LogP) is 9.18. The minimum Gasteiger partial charge on any atom is -0.103 e. The molecule has 0 bridgehead atoms. The van der Waals surface area contributed by atoms with Crippen LogP contribution in [0.25, 0.3) is 0 Å². The average Bonchev–Trinajstić information content (AvgIpc) is 2.82. The number of allylic oxidation sites excluding steroid dienone is 1. The average molecular weight is 421 g/mol. The van der Waals surface area contributed by atoms with Crippen molar-refractivity contribution in [2.75, 3.05) is 0 Å². The highest BCUT2D eigenvalue weighted by Crippen LogP contribution is 2.39. The molecule has 0 unspecified atom stereocenters. The van der Waals surface area contributed by atoms with Crippen molar-refractivity contribution >= 4 is 0 Å². The van der Waals surface area contributed by atoms with E-state index in [1.165, 1.54) is 96.3 Å². The molecule has 4 rings (SSSR count). The Hall–Kier alpha value is -1.04. The molecule has 0 saturated heterocycles. The molecule has 172 valence electrons. The van der Waals surface area contributed by atoms with Crippen LogP contribution in [0.1, 0.15) is 108 Å². The lowest BCUT2D eigenvalue weighted by Gasteiger charge is -2.34. The SMILES string of the molecule is C=CC1CCC(Cc2ccc(CC3CCC(CC4CCC(CC)CC4)CC3)cc2)CC1. The van der Waals surface area contributed by atoms with E-state index in [4.69, 9.17) is 0 Å². The highest BCUT2D eigenvalue weighted by Gasteiger charge is 2.26. The third-order valence-corrected chi connectivity index (χ3v) is 9.47. The van der Waals surface area contributed by atoms with Gasteiger partial charge in [-0.15, -0.1) is 6.58 Å². The zero-order chi connectivity index (χ0) is 21.5. The normalized spacial score (nSPS) is 34.4. The second-order valence-electron chi connectivity index (χ2n) is 11.7. The Bertz CT molecular complexity index is 631. The van der Waals surface area contributed by atoms with Gasteiger partial charge in [-0.3, -0.25) is 0 Å². The van der Waals surface area contributed by atoms with Crippen LogP contribution in [-0.4, -0.2) is 0 Å². The fourth-order valence-electron chi connectivity index (χ4n) is 7.12. The van der Waals surface area contributed by atoms with E-state index in [2.05, 4.69) is 43.8 Å². The fourth-order valence-corrected chi connectivity index (χ4v) is 7.12. The third-order valence-electron chi connectivity index (χ3n) is 9.47. The van der Waals surface area contributed by atoms with Gasteiger partial charge in [0.2, 0.25) is 0 Å². The van der Waals surface area contributed by atoms with Crippen molar-refractivity contribution in [2.24, 2.45) is 35.5 Å². The lowest BCUT2D eigenvalue weighted by atomic mass is 9.72. The van der Waals surface area contributed by atoms with Gasteiger partial charge in [0.25, 0.3) is 0 Å². The molecule has 3 fully saturated rings. The van der Waals surface area contributed by atoms with E-state index in [-0.39, 0.29) is 0 Å². The highest BCUT2D eigenvalue weighted by atomic mass is 14.3. The molecule has 1 aromatic rings. The van der Waals surface area contributed by atoms with Crippen molar-refractivity contribution in [3.63, 3.8) is 0 Å². The van der Waals surface area contributed by atoms with Crippen LogP contribution in [0.2, 0.25) is 0 Å². The second kappa shape index (κ2) is 11.7. The van der Waals surface area contributed by atoms with Crippen LogP contribution in [0.4, 0.5) is 0 Å². The van der Waals surface area contributed by atoms with E-state index in [0.29, 0.717) is 0 Å². The Morgan fingerprint density at radius 3 is 1.42 bits per heavy atom. The second-order valence-corrected chi connectivity index (χ2v) is 11.7. The standard InChI is InChI=1S/C31H48/c1-3-24-5-9-26(10-6-24)21-28-13-17-30(18-14-28)23-31-19-15-29(16-20-31)22-27-11-7-25(4-2)8-12-27/h3,13-14,17-18,24-27,29,31H,1,4-12,15-16,19-23H2,2H3. The largest absolute Gasteiger partial charge is 0.103 e. The topological polar surface area (TPSA) is 0 Å². The van der Waals surface area contributed by atoms with Crippen LogP contribution in [0, 0.1) is 35.5 Å². The summed E-state index contributed by atoms with van der Waals surface area (Å²) < 4.78 is 0. The van der Waals surface area contributed by atoms with Crippen molar-refractivity contribution in [1.82, 2.24) is 0 Å². The van der Waals surface area contributed by atoms with Crippen molar-refractivity contribution in [3.8, 4) is 0 Å². The van der Waals surface area contributed by atoms with Crippen LogP contribution in [0.3, 0.4) is 0 Å². The van der Waals surface area contributed by atoms with Crippen LogP contribution in [-0.2, 0) is 12.8 Å². The summed E-state index contributed by atoms with van der Waals surface area (Å²) in [4.78, 5) is 0. The lowest BCUT2D eigenvalue weighted by molar-refractivity contribution is 0.189. The first-order chi connectivity index (χ1) is 15.2. The van der Waals surface area contributed by atoms with Crippen LogP contribution in [0.15, 0.2) is 36.9 Å². The molecule has 0 nitrogen and oxygen atoms in total. The number of hydrogen-bond acceptors (Lipinski definition) is 0. The lowest BCUT2D eigenvalue weighted by Crippen LogP contribution is -2.21. The van der Waals surface area contributed by atoms with E-state index >= 15 is 0 Å². The molecule has 1 aromatic carbocycles. The van der Waals surface area contributed by atoms with E-state index in [1.807, 2.05) is 0 Å². The Morgan fingerprint density at radius 1 is 0.613 bits per heavy atom. The Balaban J connectivity index is 1.15. The summed E-state index contributed by atoms with van der Waals surface area (Å²) in [5, 5.41) is 0. The zero-order valence-electron chi connectivity index (χ0n) is 20.4. The van der Waals surface area contributed by atoms with Gasteiger partial charge in [0, 0.05) is 0 Å². The predicted molar refractivity (Wildman–Crippen MR) is 135 cm³/mol. The molecule has 3 saturated carbocycles. The quantitative estimate of drug-likeness (QED) is 0.368. The summed E-state index contributed by atoms with van der Waals surface area (Å²) in [6.45, 7) is 6.37. The summed E-state index contributed by atoms with van der Waals surface area (Å²) in [5.41, 5.74) is 3.15. The van der Waals surface area contributed by atoms with Crippen LogP contribution < -0.4 is 0 Å².